The van der Waals surface area contributed by atoms with Gasteiger partial charge in [0.25, 0.3) is 0 Å². The molecule has 0 amide bonds. The summed E-state index contributed by atoms with van der Waals surface area (Å²) in [6.07, 6.45) is 3.46. The summed E-state index contributed by atoms with van der Waals surface area (Å²) in [6.45, 7) is 10.9. The number of hydrogen-bond donors (Lipinski definition) is 0. The van der Waals surface area contributed by atoms with E-state index in [2.05, 4.69) is 46.8 Å². The van der Waals surface area contributed by atoms with Crippen molar-refractivity contribution in [2.24, 2.45) is 10.8 Å². The Morgan fingerprint density at radius 1 is 1.00 bits per heavy atom. The average Bonchev–Trinajstić information content (AvgIpc) is 2.44. The molecule has 0 spiro atoms. The molecule has 0 N–H and O–H groups in total. The zero-order valence-corrected chi connectivity index (χ0v) is 13.1. The molecule has 0 aliphatic rings. The molecule has 0 saturated carbocycles. The molecule has 0 bridgehead atoms. The van der Waals surface area contributed by atoms with Crippen LogP contribution in [-0.4, -0.2) is 5.78 Å². The number of hydrogen-bond acceptors (Lipinski definition) is 1. The van der Waals surface area contributed by atoms with Crippen molar-refractivity contribution in [2.45, 2.75) is 60.3 Å². The first-order chi connectivity index (χ1) is 8.87. The van der Waals surface area contributed by atoms with Crippen LogP contribution in [0.1, 0.15) is 59.4 Å². The topological polar surface area (TPSA) is 17.1 Å². The Balaban J connectivity index is 2.75. The molecule has 1 aromatic rings. The lowest BCUT2D eigenvalue weighted by Crippen LogP contribution is -2.41. The van der Waals surface area contributed by atoms with Crippen molar-refractivity contribution < 1.29 is 4.79 Å². The fourth-order valence-corrected chi connectivity index (χ4v) is 2.62. The minimum atomic E-state index is -0.212. The molecule has 19 heavy (non-hydrogen) atoms. The van der Waals surface area contributed by atoms with Crippen LogP contribution in [0.3, 0.4) is 0 Å². The van der Waals surface area contributed by atoms with E-state index in [4.69, 9.17) is 0 Å². The third-order valence-electron chi connectivity index (χ3n) is 5.18. The molecule has 0 radical (unpaired) electrons. The second-order valence-corrected chi connectivity index (χ2v) is 6.33. The Bertz CT molecular complexity index is 405. The maximum Gasteiger partial charge on any atom is 0.139 e. The molecular weight excluding hydrogens is 232 g/mol. The quantitative estimate of drug-likeness (QED) is 0.671. The molecule has 0 aromatic heterocycles. The monoisotopic (exact) mass is 260 g/mol. The van der Waals surface area contributed by atoms with Gasteiger partial charge in [-0.3, -0.25) is 4.79 Å². The van der Waals surface area contributed by atoms with E-state index in [1.807, 2.05) is 18.2 Å². The van der Waals surface area contributed by atoms with Gasteiger partial charge in [0, 0.05) is 11.8 Å². The molecule has 1 nitrogen and oxygen atoms in total. The van der Waals surface area contributed by atoms with E-state index in [1.54, 1.807) is 0 Å². The third-order valence-corrected chi connectivity index (χ3v) is 5.18. The van der Waals surface area contributed by atoms with Gasteiger partial charge in [-0.05, 0) is 23.8 Å². The predicted molar refractivity (Wildman–Crippen MR) is 82.2 cm³/mol. The number of carbonyl (C=O) groups excluding carboxylic acids is 1. The van der Waals surface area contributed by atoms with E-state index in [-0.39, 0.29) is 10.8 Å². The van der Waals surface area contributed by atoms with Gasteiger partial charge in [0.05, 0.1) is 0 Å². The Kier molecular flexibility index (Phi) is 5.34. The number of carbonyl (C=O) groups is 1. The Hall–Kier alpha value is -1.11. The summed E-state index contributed by atoms with van der Waals surface area (Å²) in [5.74, 6) is 0.408. The van der Waals surface area contributed by atoms with Crippen LogP contribution in [-0.2, 0) is 11.2 Å². The molecule has 0 saturated heterocycles. The van der Waals surface area contributed by atoms with Gasteiger partial charge in [-0.1, -0.05) is 71.4 Å². The highest BCUT2D eigenvalue weighted by Gasteiger charge is 2.43. The van der Waals surface area contributed by atoms with Crippen LogP contribution >= 0.6 is 0 Å². The van der Waals surface area contributed by atoms with Crippen LogP contribution in [0.2, 0.25) is 0 Å². The van der Waals surface area contributed by atoms with Crippen molar-refractivity contribution in [3.8, 4) is 0 Å². The van der Waals surface area contributed by atoms with Crippen molar-refractivity contribution >= 4 is 5.78 Å². The summed E-state index contributed by atoms with van der Waals surface area (Å²) in [4.78, 5) is 12.7. The zero-order chi connectivity index (χ0) is 14.5. The minimum absolute atomic E-state index is 0.0650. The van der Waals surface area contributed by atoms with Crippen LogP contribution in [0.25, 0.3) is 0 Å². The normalized spacial score (nSPS) is 15.0. The fraction of sp³-hybridized carbons (Fsp3) is 0.611. The van der Waals surface area contributed by atoms with Gasteiger partial charge in [-0.25, -0.2) is 0 Å². The van der Waals surface area contributed by atoms with Gasteiger partial charge in [0.1, 0.15) is 5.78 Å². The largest absolute Gasteiger partial charge is 0.299 e. The first-order valence-electron chi connectivity index (χ1n) is 7.44. The molecular formula is C18H28O. The van der Waals surface area contributed by atoms with Crippen molar-refractivity contribution in [2.75, 3.05) is 0 Å². The van der Waals surface area contributed by atoms with E-state index in [0.717, 1.165) is 19.3 Å². The Labute approximate surface area is 118 Å². The van der Waals surface area contributed by atoms with Crippen molar-refractivity contribution in [1.82, 2.24) is 0 Å². The van der Waals surface area contributed by atoms with E-state index in [1.165, 1.54) is 5.56 Å². The lowest BCUT2D eigenvalue weighted by atomic mass is 9.61. The highest BCUT2D eigenvalue weighted by molar-refractivity contribution is 5.85. The van der Waals surface area contributed by atoms with Crippen LogP contribution in [0.5, 0.6) is 0 Å². The summed E-state index contributed by atoms with van der Waals surface area (Å²) in [5, 5.41) is 0. The van der Waals surface area contributed by atoms with Crippen LogP contribution in [0.4, 0.5) is 0 Å². The van der Waals surface area contributed by atoms with Gasteiger partial charge in [0.15, 0.2) is 0 Å². The van der Waals surface area contributed by atoms with Gasteiger partial charge in [-0.2, -0.15) is 0 Å². The van der Waals surface area contributed by atoms with E-state index in [9.17, 15) is 4.79 Å². The number of ketones is 1. The highest BCUT2D eigenvalue weighted by Crippen LogP contribution is 2.45. The lowest BCUT2D eigenvalue weighted by Gasteiger charge is -2.42. The molecule has 0 aliphatic heterocycles. The number of rotatable bonds is 7. The fourth-order valence-electron chi connectivity index (χ4n) is 2.62. The number of aryl methyl sites for hydroxylation is 1. The summed E-state index contributed by atoms with van der Waals surface area (Å²) in [6, 6.07) is 10.3. The first-order valence-corrected chi connectivity index (χ1v) is 7.44. The van der Waals surface area contributed by atoms with Crippen molar-refractivity contribution in [3.05, 3.63) is 35.9 Å². The number of benzene rings is 1. The predicted octanol–water partition coefficient (Wildman–Crippen LogP) is 5.04. The zero-order valence-electron chi connectivity index (χ0n) is 13.1. The second kappa shape index (κ2) is 6.36. The lowest BCUT2D eigenvalue weighted by molar-refractivity contribution is -0.135. The van der Waals surface area contributed by atoms with Crippen LogP contribution < -0.4 is 0 Å². The third kappa shape index (κ3) is 3.46. The summed E-state index contributed by atoms with van der Waals surface area (Å²) < 4.78 is 0. The molecule has 1 heteroatoms. The Morgan fingerprint density at radius 3 is 2.05 bits per heavy atom. The standard InChI is InChI=1S/C18H28O/c1-6-17(3,4)18(5,7-2)16(19)14-13-15-11-9-8-10-12-15/h8-12H,6-7,13-14H2,1-5H3. The van der Waals surface area contributed by atoms with Crippen LogP contribution in [0, 0.1) is 10.8 Å². The summed E-state index contributed by atoms with van der Waals surface area (Å²) >= 11 is 0. The molecule has 1 rings (SSSR count). The van der Waals surface area contributed by atoms with E-state index >= 15 is 0 Å². The van der Waals surface area contributed by atoms with Gasteiger partial charge in [0.2, 0.25) is 0 Å². The summed E-state index contributed by atoms with van der Waals surface area (Å²) in [5.41, 5.74) is 1.11. The van der Waals surface area contributed by atoms with Crippen LogP contribution in [0.15, 0.2) is 30.3 Å². The van der Waals surface area contributed by atoms with Crippen molar-refractivity contribution in [3.63, 3.8) is 0 Å². The SMILES string of the molecule is CCC(C)(C)C(C)(CC)C(=O)CCc1ccccc1. The van der Waals surface area contributed by atoms with E-state index < -0.39 is 0 Å². The summed E-state index contributed by atoms with van der Waals surface area (Å²) in [7, 11) is 0. The molecule has 1 aromatic carbocycles. The molecule has 0 fully saturated rings. The maximum absolute atomic E-state index is 12.7. The first kappa shape index (κ1) is 15.9. The minimum Gasteiger partial charge on any atom is -0.299 e. The molecule has 1 atom stereocenters. The van der Waals surface area contributed by atoms with Gasteiger partial charge < -0.3 is 0 Å². The van der Waals surface area contributed by atoms with E-state index in [0.29, 0.717) is 12.2 Å². The molecule has 0 heterocycles. The molecule has 106 valence electrons. The molecule has 1 unspecified atom stereocenters. The average molecular weight is 260 g/mol. The smallest absolute Gasteiger partial charge is 0.139 e. The van der Waals surface area contributed by atoms with Crippen molar-refractivity contribution in [1.29, 1.82) is 0 Å². The Morgan fingerprint density at radius 2 is 1.58 bits per heavy atom. The second-order valence-electron chi connectivity index (χ2n) is 6.33. The van der Waals surface area contributed by atoms with Gasteiger partial charge in [-0.15, -0.1) is 0 Å². The number of Topliss-reactive ketones (excluding diaryl/α,β-unsaturated/α-hetero) is 1. The van der Waals surface area contributed by atoms with Gasteiger partial charge >= 0.3 is 0 Å². The molecule has 0 aliphatic carbocycles. The maximum atomic E-state index is 12.7. The highest BCUT2D eigenvalue weighted by atomic mass is 16.1.